The van der Waals surface area contributed by atoms with Gasteiger partial charge in [-0.15, -0.1) is 6.42 Å². The molecular formula is C15H17NO5. The minimum atomic E-state index is -1.15. The first kappa shape index (κ1) is 16.4. The monoisotopic (exact) mass is 291 g/mol. The number of rotatable bonds is 4. The average molecular weight is 291 g/mol. The molecule has 0 aliphatic carbocycles. The van der Waals surface area contributed by atoms with Crippen molar-refractivity contribution in [3.05, 3.63) is 23.8 Å². The summed E-state index contributed by atoms with van der Waals surface area (Å²) in [6.45, 7) is 5.14. The maximum absolute atomic E-state index is 11.6. The molecule has 0 spiro atoms. The lowest BCUT2D eigenvalue weighted by Gasteiger charge is -2.20. The molecule has 0 aromatic heterocycles. The van der Waals surface area contributed by atoms with Crippen LogP contribution in [0.15, 0.2) is 18.2 Å². The molecule has 0 radical (unpaired) electrons. The van der Waals surface area contributed by atoms with Crippen LogP contribution in [-0.4, -0.2) is 29.4 Å². The Morgan fingerprint density at radius 2 is 2.05 bits per heavy atom. The molecule has 0 unspecified atom stereocenters. The first-order valence-electron chi connectivity index (χ1n) is 6.16. The van der Waals surface area contributed by atoms with E-state index in [9.17, 15) is 9.59 Å². The Hall–Kier alpha value is -2.68. The number of ether oxygens (including phenoxy) is 2. The van der Waals surface area contributed by atoms with Crippen molar-refractivity contribution in [1.29, 1.82) is 0 Å². The molecule has 112 valence electrons. The Kier molecular flexibility index (Phi) is 5.19. The molecule has 21 heavy (non-hydrogen) atoms. The summed E-state index contributed by atoms with van der Waals surface area (Å²) in [6.07, 6.45) is 4.43. The Bertz CT molecular complexity index is 581. The molecule has 0 aliphatic rings. The molecule has 1 aromatic rings. The van der Waals surface area contributed by atoms with Gasteiger partial charge in [-0.05, 0) is 32.9 Å². The first-order chi connectivity index (χ1) is 9.73. The van der Waals surface area contributed by atoms with Gasteiger partial charge >= 0.3 is 12.1 Å². The minimum Gasteiger partial charge on any atom is -0.480 e. The van der Waals surface area contributed by atoms with Crippen molar-refractivity contribution < 1.29 is 24.2 Å². The van der Waals surface area contributed by atoms with E-state index in [-0.39, 0.29) is 17.9 Å². The molecule has 1 aromatic carbocycles. The fourth-order valence-corrected chi connectivity index (χ4v) is 1.44. The largest absolute Gasteiger partial charge is 0.480 e. The van der Waals surface area contributed by atoms with Crippen LogP contribution in [0.4, 0.5) is 10.5 Å². The third kappa shape index (κ3) is 5.45. The molecule has 1 rings (SSSR count). The number of carboxylic acid groups (broad SMARTS) is 1. The zero-order valence-electron chi connectivity index (χ0n) is 12.1. The number of carbonyl (C=O) groups excluding carboxylic acids is 1. The molecule has 0 aliphatic heterocycles. The van der Waals surface area contributed by atoms with Crippen molar-refractivity contribution in [2.75, 3.05) is 11.9 Å². The number of hydrogen-bond donors (Lipinski definition) is 2. The van der Waals surface area contributed by atoms with Crippen LogP contribution in [0.3, 0.4) is 0 Å². The molecule has 0 saturated heterocycles. The number of nitrogens with one attached hydrogen (secondary N) is 1. The fourth-order valence-electron chi connectivity index (χ4n) is 1.44. The highest BCUT2D eigenvalue weighted by Crippen LogP contribution is 2.24. The number of carbonyl (C=O) groups is 2. The standard InChI is InChI=1S/C15H17NO5/c1-5-8-20-12-9-10(6-7-11(12)13(17)18)16-14(19)21-15(2,3)4/h1,6-7,9H,8H2,2-4H3,(H,16,19)(H,17,18). The van der Waals surface area contributed by atoms with E-state index in [1.807, 2.05) is 0 Å². The van der Waals surface area contributed by atoms with Gasteiger partial charge in [-0.2, -0.15) is 0 Å². The summed E-state index contributed by atoms with van der Waals surface area (Å²) in [5.74, 6) is 1.18. The highest BCUT2D eigenvalue weighted by atomic mass is 16.6. The summed E-state index contributed by atoms with van der Waals surface area (Å²) in [7, 11) is 0. The molecule has 0 bridgehead atoms. The summed E-state index contributed by atoms with van der Waals surface area (Å²) >= 11 is 0. The molecule has 2 N–H and O–H groups in total. The predicted octanol–water partition coefficient (Wildman–Crippen LogP) is 2.74. The van der Waals surface area contributed by atoms with Crippen molar-refractivity contribution >= 4 is 17.7 Å². The van der Waals surface area contributed by atoms with Crippen molar-refractivity contribution in [1.82, 2.24) is 0 Å². The van der Waals surface area contributed by atoms with Gasteiger partial charge in [0.15, 0.2) is 0 Å². The van der Waals surface area contributed by atoms with Gasteiger partial charge in [-0.3, -0.25) is 5.32 Å². The van der Waals surface area contributed by atoms with Crippen LogP contribution in [0.25, 0.3) is 0 Å². The second-order valence-electron chi connectivity index (χ2n) is 5.14. The number of carboxylic acids is 1. The van der Waals surface area contributed by atoms with E-state index in [2.05, 4.69) is 11.2 Å². The summed E-state index contributed by atoms with van der Waals surface area (Å²) in [6, 6.07) is 4.14. The van der Waals surface area contributed by atoms with Gasteiger partial charge in [0, 0.05) is 11.8 Å². The third-order valence-corrected chi connectivity index (χ3v) is 2.17. The molecule has 0 saturated carbocycles. The Balaban J connectivity index is 2.92. The number of anilines is 1. The Morgan fingerprint density at radius 1 is 1.38 bits per heavy atom. The minimum absolute atomic E-state index is 0.0417. The SMILES string of the molecule is C#CCOc1cc(NC(=O)OC(C)(C)C)ccc1C(=O)O. The summed E-state index contributed by atoms with van der Waals surface area (Å²) < 4.78 is 10.3. The van der Waals surface area contributed by atoms with Gasteiger partial charge in [0.25, 0.3) is 0 Å². The summed E-state index contributed by atoms with van der Waals surface area (Å²) in [5, 5.41) is 11.5. The Labute approximate surface area is 123 Å². The second kappa shape index (κ2) is 6.66. The van der Waals surface area contributed by atoms with Gasteiger partial charge in [0.1, 0.15) is 23.5 Å². The van der Waals surface area contributed by atoms with Gasteiger partial charge in [0.05, 0.1) is 0 Å². The maximum Gasteiger partial charge on any atom is 0.412 e. The Morgan fingerprint density at radius 3 is 2.57 bits per heavy atom. The average Bonchev–Trinajstić information content (AvgIpc) is 2.33. The van der Waals surface area contributed by atoms with E-state index in [1.54, 1.807) is 20.8 Å². The lowest BCUT2D eigenvalue weighted by Crippen LogP contribution is -2.27. The molecule has 6 nitrogen and oxygen atoms in total. The summed E-state index contributed by atoms with van der Waals surface area (Å²) in [5.41, 5.74) is -0.324. The molecule has 6 heteroatoms. The van der Waals surface area contributed by atoms with Crippen LogP contribution in [-0.2, 0) is 4.74 Å². The van der Waals surface area contributed by atoms with Crippen LogP contribution in [0.2, 0.25) is 0 Å². The highest BCUT2D eigenvalue weighted by molar-refractivity contribution is 5.93. The van der Waals surface area contributed by atoms with E-state index in [0.29, 0.717) is 5.69 Å². The summed E-state index contributed by atoms with van der Waals surface area (Å²) in [4.78, 5) is 22.7. The lowest BCUT2D eigenvalue weighted by atomic mass is 10.2. The zero-order valence-corrected chi connectivity index (χ0v) is 12.1. The van der Waals surface area contributed by atoms with Crippen molar-refractivity contribution in [3.8, 4) is 18.1 Å². The van der Waals surface area contributed by atoms with Crippen molar-refractivity contribution in [2.24, 2.45) is 0 Å². The molecule has 0 fully saturated rings. The number of amides is 1. The van der Waals surface area contributed by atoms with Crippen LogP contribution < -0.4 is 10.1 Å². The quantitative estimate of drug-likeness (QED) is 0.833. The fraction of sp³-hybridized carbons (Fsp3) is 0.333. The number of benzene rings is 1. The molecule has 1 amide bonds. The molecular weight excluding hydrogens is 274 g/mol. The van der Waals surface area contributed by atoms with Gasteiger partial charge in [0.2, 0.25) is 0 Å². The number of hydrogen-bond acceptors (Lipinski definition) is 4. The van der Waals surface area contributed by atoms with Crippen molar-refractivity contribution in [2.45, 2.75) is 26.4 Å². The molecule has 0 heterocycles. The van der Waals surface area contributed by atoms with E-state index in [4.69, 9.17) is 21.0 Å². The van der Waals surface area contributed by atoms with E-state index in [1.165, 1.54) is 18.2 Å². The van der Waals surface area contributed by atoms with Gasteiger partial charge < -0.3 is 14.6 Å². The first-order valence-corrected chi connectivity index (χ1v) is 6.16. The van der Waals surface area contributed by atoms with E-state index < -0.39 is 17.7 Å². The normalized spacial score (nSPS) is 10.4. The maximum atomic E-state index is 11.6. The number of terminal acetylenes is 1. The predicted molar refractivity (Wildman–Crippen MR) is 77.6 cm³/mol. The topological polar surface area (TPSA) is 84.9 Å². The van der Waals surface area contributed by atoms with Crippen LogP contribution in [0.5, 0.6) is 5.75 Å². The second-order valence-corrected chi connectivity index (χ2v) is 5.14. The zero-order chi connectivity index (χ0) is 16.0. The van der Waals surface area contributed by atoms with Crippen molar-refractivity contribution in [3.63, 3.8) is 0 Å². The lowest BCUT2D eigenvalue weighted by molar-refractivity contribution is 0.0634. The smallest absolute Gasteiger partial charge is 0.412 e. The molecule has 0 atom stereocenters. The van der Waals surface area contributed by atoms with Crippen LogP contribution in [0.1, 0.15) is 31.1 Å². The van der Waals surface area contributed by atoms with E-state index in [0.717, 1.165) is 0 Å². The highest BCUT2D eigenvalue weighted by Gasteiger charge is 2.17. The van der Waals surface area contributed by atoms with E-state index >= 15 is 0 Å². The van der Waals surface area contributed by atoms with Gasteiger partial charge in [-0.25, -0.2) is 9.59 Å². The van der Waals surface area contributed by atoms with Crippen LogP contribution >= 0.6 is 0 Å². The number of aromatic carboxylic acids is 1. The van der Waals surface area contributed by atoms with Crippen LogP contribution in [0, 0.1) is 12.3 Å². The van der Waals surface area contributed by atoms with Gasteiger partial charge in [-0.1, -0.05) is 5.92 Å². The third-order valence-electron chi connectivity index (χ3n) is 2.17.